The fourth-order valence-electron chi connectivity index (χ4n) is 1.01. The number of hydrogen-bond donors (Lipinski definition) is 1. The number of aryl methyl sites for hydroxylation is 1. The Morgan fingerprint density at radius 3 is 2.53 bits per heavy atom. The molecule has 0 heterocycles. The number of aliphatic hydroxyl groups excluding tert-OH is 1. The molecule has 0 aliphatic carbocycles. The molecule has 2 nitrogen and oxygen atoms in total. The van der Waals surface area contributed by atoms with Gasteiger partial charge in [0.1, 0.15) is 0 Å². The summed E-state index contributed by atoms with van der Waals surface area (Å²) in [5, 5.41) is 10.1. The molecule has 0 aliphatic heterocycles. The van der Waals surface area contributed by atoms with Gasteiger partial charge in [-0.25, -0.2) is 4.21 Å². The molecule has 0 aromatic heterocycles. The second kappa shape index (κ2) is 6.32. The third-order valence-corrected chi connectivity index (χ3v) is 2.95. The maximum atomic E-state index is 11.6. The van der Waals surface area contributed by atoms with Gasteiger partial charge in [0.05, 0.1) is 17.4 Å². The van der Waals surface area contributed by atoms with E-state index in [2.05, 4.69) is 0 Å². The van der Waals surface area contributed by atoms with Gasteiger partial charge in [0.2, 0.25) is 0 Å². The third-order valence-electron chi connectivity index (χ3n) is 1.81. The molecule has 0 aliphatic rings. The van der Waals surface area contributed by atoms with E-state index in [0.29, 0.717) is 0 Å². The molecular formula is C12H14O2S. The first-order valence-corrected chi connectivity index (χ1v) is 5.87. The molecular weight excluding hydrogens is 208 g/mol. The maximum absolute atomic E-state index is 11.6. The minimum atomic E-state index is -1.11. The highest BCUT2D eigenvalue weighted by atomic mass is 32.2. The van der Waals surface area contributed by atoms with Crippen molar-refractivity contribution in [3.8, 4) is 0 Å². The molecule has 1 unspecified atom stereocenters. The van der Waals surface area contributed by atoms with Gasteiger partial charge in [0, 0.05) is 10.3 Å². The smallest absolute Gasteiger partial charge is 0.0775 e. The molecule has 0 spiro atoms. The van der Waals surface area contributed by atoms with Crippen LogP contribution in [0.5, 0.6) is 0 Å². The zero-order chi connectivity index (χ0) is 11.1. The van der Waals surface area contributed by atoms with Crippen molar-refractivity contribution in [3.63, 3.8) is 0 Å². The van der Waals surface area contributed by atoms with Crippen LogP contribution in [0, 0.1) is 6.92 Å². The predicted molar refractivity (Wildman–Crippen MR) is 63.0 cm³/mol. The van der Waals surface area contributed by atoms with Crippen LogP contribution in [0.25, 0.3) is 0 Å². The predicted octanol–water partition coefficient (Wildman–Crippen LogP) is 2.16. The number of benzene rings is 1. The molecule has 0 bridgehead atoms. The Morgan fingerprint density at radius 2 is 1.93 bits per heavy atom. The van der Waals surface area contributed by atoms with Crippen LogP contribution >= 0.6 is 0 Å². The first-order chi connectivity index (χ1) is 7.24. The van der Waals surface area contributed by atoms with E-state index >= 15 is 0 Å². The molecule has 1 atom stereocenters. The minimum Gasteiger partial charge on any atom is -0.392 e. The Balaban J connectivity index is 2.65. The molecule has 15 heavy (non-hydrogen) atoms. The molecule has 1 aromatic rings. The second-order valence-corrected chi connectivity index (χ2v) is 4.39. The lowest BCUT2D eigenvalue weighted by Gasteiger charge is -1.96. The normalized spacial score (nSPS) is 13.7. The van der Waals surface area contributed by atoms with E-state index in [9.17, 15) is 4.21 Å². The van der Waals surface area contributed by atoms with E-state index in [-0.39, 0.29) is 6.61 Å². The van der Waals surface area contributed by atoms with Crippen molar-refractivity contribution in [3.05, 3.63) is 53.5 Å². The van der Waals surface area contributed by atoms with Crippen molar-refractivity contribution in [1.82, 2.24) is 0 Å². The summed E-state index contributed by atoms with van der Waals surface area (Å²) in [6, 6.07) is 7.58. The molecule has 1 rings (SSSR count). The van der Waals surface area contributed by atoms with Gasteiger partial charge in [-0.2, -0.15) is 0 Å². The van der Waals surface area contributed by atoms with E-state index in [1.807, 2.05) is 31.2 Å². The van der Waals surface area contributed by atoms with Gasteiger partial charge in [0.15, 0.2) is 0 Å². The highest BCUT2D eigenvalue weighted by molar-refractivity contribution is 7.88. The van der Waals surface area contributed by atoms with Crippen LogP contribution in [0.2, 0.25) is 0 Å². The number of hydrogen-bond acceptors (Lipinski definition) is 2. The van der Waals surface area contributed by atoms with Crippen molar-refractivity contribution >= 4 is 10.8 Å². The zero-order valence-corrected chi connectivity index (χ0v) is 9.41. The minimum absolute atomic E-state index is 0.00149. The first-order valence-electron chi connectivity index (χ1n) is 4.65. The monoisotopic (exact) mass is 222 g/mol. The summed E-state index contributed by atoms with van der Waals surface area (Å²) >= 11 is 0. The van der Waals surface area contributed by atoms with Crippen molar-refractivity contribution in [1.29, 1.82) is 0 Å². The van der Waals surface area contributed by atoms with Gasteiger partial charge in [-0.1, -0.05) is 35.9 Å². The summed E-state index contributed by atoms with van der Waals surface area (Å²) in [7, 11) is -1.11. The summed E-state index contributed by atoms with van der Waals surface area (Å²) in [5.41, 5.74) is 1.15. The van der Waals surface area contributed by atoms with Crippen LogP contribution in [0.4, 0.5) is 0 Å². The van der Waals surface area contributed by atoms with E-state index in [1.165, 1.54) is 0 Å². The highest BCUT2D eigenvalue weighted by Gasteiger charge is 1.97. The van der Waals surface area contributed by atoms with Crippen molar-refractivity contribution in [2.45, 2.75) is 11.8 Å². The van der Waals surface area contributed by atoms with Crippen LogP contribution in [0.1, 0.15) is 5.56 Å². The summed E-state index contributed by atoms with van der Waals surface area (Å²) in [6.45, 7) is 1.99. The van der Waals surface area contributed by atoms with Crippen LogP contribution in [0.3, 0.4) is 0 Å². The fourth-order valence-corrected chi connectivity index (χ4v) is 1.80. The zero-order valence-electron chi connectivity index (χ0n) is 8.59. The summed E-state index contributed by atoms with van der Waals surface area (Å²) in [4.78, 5) is 0.786. The van der Waals surface area contributed by atoms with E-state index in [1.54, 1.807) is 23.6 Å². The standard InChI is InChI=1S/C12H14O2S/c1-11-5-7-12(8-6-11)15(14)10-4-2-3-9-13/h2-8,10,13H,9H2,1H3/b3-2-,10-4+. The Kier molecular flexibility index (Phi) is 5.01. The number of allylic oxidation sites excluding steroid dienone is 2. The van der Waals surface area contributed by atoms with E-state index in [0.717, 1.165) is 10.5 Å². The number of aliphatic hydroxyl groups is 1. The summed E-state index contributed by atoms with van der Waals surface area (Å²) in [5.74, 6) is 0. The van der Waals surface area contributed by atoms with Gasteiger partial charge in [-0.15, -0.1) is 0 Å². The molecule has 1 aromatic carbocycles. The van der Waals surface area contributed by atoms with Crippen molar-refractivity contribution < 1.29 is 9.32 Å². The molecule has 3 heteroatoms. The summed E-state index contributed by atoms with van der Waals surface area (Å²) in [6.07, 6.45) is 4.93. The topological polar surface area (TPSA) is 37.3 Å². The van der Waals surface area contributed by atoms with Gasteiger partial charge in [-0.05, 0) is 19.1 Å². The Bertz CT molecular complexity index is 377. The lowest BCUT2D eigenvalue weighted by molar-refractivity contribution is 0.343. The van der Waals surface area contributed by atoms with Crippen LogP contribution in [-0.2, 0) is 10.8 Å². The van der Waals surface area contributed by atoms with Crippen LogP contribution < -0.4 is 0 Å². The van der Waals surface area contributed by atoms with Crippen LogP contribution in [-0.4, -0.2) is 15.9 Å². The van der Waals surface area contributed by atoms with Gasteiger partial charge in [-0.3, -0.25) is 0 Å². The third kappa shape index (κ3) is 4.23. The summed E-state index contributed by atoms with van der Waals surface area (Å²) < 4.78 is 11.6. The Labute approximate surface area is 92.4 Å². The molecule has 0 saturated heterocycles. The average Bonchev–Trinajstić information content (AvgIpc) is 2.25. The molecule has 80 valence electrons. The molecule has 1 N–H and O–H groups in total. The van der Waals surface area contributed by atoms with E-state index in [4.69, 9.17) is 5.11 Å². The average molecular weight is 222 g/mol. The van der Waals surface area contributed by atoms with Gasteiger partial charge in [0.25, 0.3) is 0 Å². The largest absolute Gasteiger partial charge is 0.392 e. The first kappa shape index (κ1) is 11.9. The molecule has 0 amide bonds. The molecule has 0 fully saturated rings. The second-order valence-electron chi connectivity index (χ2n) is 3.05. The van der Waals surface area contributed by atoms with E-state index < -0.39 is 10.8 Å². The van der Waals surface area contributed by atoms with Gasteiger partial charge >= 0.3 is 0 Å². The Hall–Kier alpha value is -1.19. The SMILES string of the molecule is Cc1ccc(S(=O)/C=C/C=C\CO)cc1. The molecule has 0 saturated carbocycles. The Morgan fingerprint density at radius 1 is 1.27 bits per heavy atom. The molecule has 0 radical (unpaired) electrons. The van der Waals surface area contributed by atoms with Crippen molar-refractivity contribution in [2.75, 3.05) is 6.61 Å². The van der Waals surface area contributed by atoms with Crippen LogP contribution in [0.15, 0.2) is 52.8 Å². The fraction of sp³-hybridized carbons (Fsp3) is 0.167. The maximum Gasteiger partial charge on any atom is 0.0775 e. The highest BCUT2D eigenvalue weighted by Crippen LogP contribution is 2.08. The lowest BCUT2D eigenvalue weighted by Crippen LogP contribution is -1.85. The lowest BCUT2D eigenvalue weighted by atomic mass is 10.2. The van der Waals surface area contributed by atoms with Gasteiger partial charge < -0.3 is 5.11 Å². The quantitative estimate of drug-likeness (QED) is 0.793. The number of rotatable bonds is 4. The van der Waals surface area contributed by atoms with Crippen molar-refractivity contribution in [2.24, 2.45) is 0 Å².